The third-order valence-corrected chi connectivity index (χ3v) is 3.01. The number of hydrogen-bond donors (Lipinski definition) is 2. The van der Waals surface area contributed by atoms with Gasteiger partial charge < -0.3 is 5.43 Å². The second-order valence-electron chi connectivity index (χ2n) is 4.12. The Balaban J connectivity index is 2.10. The van der Waals surface area contributed by atoms with Gasteiger partial charge in [-0.3, -0.25) is 0 Å². The van der Waals surface area contributed by atoms with Crippen molar-refractivity contribution in [3.05, 3.63) is 28.8 Å². The van der Waals surface area contributed by atoms with Gasteiger partial charge in [-0.2, -0.15) is 0 Å². The molecule has 1 aliphatic heterocycles. The molecule has 1 aromatic rings. The van der Waals surface area contributed by atoms with Gasteiger partial charge in [-0.25, -0.2) is 5.43 Å². The average Bonchev–Trinajstić information content (AvgIpc) is 2.85. The highest BCUT2D eigenvalue weighted by atomic mass is 15.4. The topological polar surface area (TPSA) is 24.1 Å². The van der Waals surface area contributed by atoms with E-state index < -0.39 is 0 Å². The Bertz CT molecular complexity index is 353. The van der Waals surface area contributed by atoms with Crippen LogP contribution in [0.4, 0.5) is 5.69 Å². The van der Waals surface area contributed by atoms with Crippen LogP contribution in [0.3, 0.4) is 0 Å². The lowest BCUT2D eigenvalue weighted by molar-refractivity contribution is 0.859. The molecule has 2 aliphatic rings. The summed E-state index contributed by atoms with van der Waals surface area (Å²) in [6, 6.07) is 4.64. The van der Waals surface area contributed by atoms with Crippen molar-refractivity contribution >= 4 is 5.69 Å². The predicted molar refractivity (Wildman–Crippen MR) is 53.6 cm³/mol. The Hall–Kier alpha value is -1.02. The Morgan fingerprint density at radius 1 is 1.31 bits per heavy atom. The van der Waals surface area contributed by atoms with Crippen LogP contribution in [0.15, 0.2) is 12.1 Å². The predicted octanol–water partition coefficient (Wildman–Crippen LogP) is 2.30. The van der Waals surface area contributed by atoms with E-state index in [0.29, 0.717) is 0 Å². The van der Waals surface area contributed by atoms with Crippen LogP contribution in [-0.2, 0) is 6.54 Å². The van der Waals surface area contributed by atoms with Crippen molar-refractivity contribution in [3.8, 4) is 0 Å². The molecule has 0 amide bonds. The van der Waals surface area contributed by atoms with Gasteiger partial charge >= 0.3 is 0 Å². The summed E-state index contributed by atoms with van der Waals surface area (Å²) < 4.78 is 0. The van der Waals surface area contributed by atoms with E-state index in [4.69, 9.17) is 0 Å². The van der Waals surface area contributed by atoms with Crippen molar-refractivity contribution in [2.75, 3.05) is 5.43 Å². The molecule has 1 fully saturated rings. The lowest BCUT2D eigenvalue weighted by Crippen LogP contribution is -2.10. The van der Waals surface area contributed by atoms with E-state index in [2.05, 4.69) is 29.9 Å². The number of fused-ring (bicyclic) bond motifs is 1. The van der Waals surface area contributed by atoms with Gasteiger partial charge in [0.2, 0.25) is 0 Å². The SMILES string of the molecule is Cc1cc2c(cc1C1CC1)CNN2. The minimum Gasteiger partial charge on any atom is -0.321 e. The molecule has 3 rings (SSSR count). The monoisotopic (exact) mass is 174 g/mol. The number of anilines is 1. The molecule has 2 heteroatoms. The highest BCUT2D eigenvalue weighted by molar-refractivity contribution is 5.58. The zero-order valence-corrected chi connectivity index (χ0v) is 7.85. The number of rotatable bonds is 1. The highest BCUT2D eigenvalue weighted by Gasteiger charge is 2.26. The Labute approximate surface area is 78.3 Å². The summed E-state index contributed by atoms with van der Waals surface area (Å²) in [7, 11) is 0. The number of hydrazine groups is 1. The van der Waals surface area contributed by atoms with Crippen LogP contribution in [0.1, 0.15) is 35.4 Å². The maximum absolute atomic E-state index is 3.18. The molecule has 0 atom stereocenters. The van der Waals surface area contributed by atoms with Crippen molar-refractivity contribution < 1.29 is 0 Å². The van der Waals surface area contributed by atoms with Gasteiger partial charge in [-0.05, 0) is 48.4 Å². The summed E-state index contributed by atoms with van der Waals surface area (Å²) in [5.74, 6) is 0.867. The van der Waals surface area contributed by atoms with E-state index in [1.807, 2.05) is 0 Å². The molecular formula is C11H14N2. The van der Waals surface area contributed by atoms with E-state index >= 15 is 0 Å². The molecule has 0 aromatic heterocycles. The van der Waals surface area contributed by atoms with Crippen LogP contribution in [0.5, 0.6) is 0 Å². The van der Waals surface area contributed by atoms with Crippen LogP contribution in [0.25, 0.3) is 0 Å². The number of aryl methyl sites for hydroxylation is 1. The largest absolute Gasteiger partial charge is 0.321 e. The molecule has 0 spiro atoms. The van der Waals surface area contributed by atoms with E-state index in [-0.39, 0.29) is 0 Å². The average molecular weight is 174 g/mol. The molecule has 13 heavy (non-hydrogen) atoms. The van der Waals surface area contributed by atoms with Gasteiger partial charge in [-0.1, -0.05) is 6.07 Å². The number of benzene rings is 1. The summed E-state index contributed by atoms with van der Waals surface area (Å²) in [6.45, 7) is 3.18. The molecular weight excluding hydrogens is 160 g/mol. The normalized spacial score (nSPS) is 19.8. The van der Waals surface area contributed by atoms with Crippen LogP contribution in [-0.4, -0.2) is 0 Å². The summed E-state index contributed by atoms with van der Waals surface area (Å²) in [4.78, 5) is 0. The van der Waals surface area contributed by atoms with Gasteiger partial charge in [0, 0.05) is 6.54 Å². The Kier molecular flexibility index (Phi) is 1.41. The molecule has 0 saturated heterocycles. The van der Waals surface area contributed by atoms with E-state index in [9.17, 15) is 0 Å². The second-order valence-corrected chi connectivity index (χ2v) is 4.12. The maximum atomic E-state index is 3.18. The smallest absolute Gasteiger partial charge is 0.0536 e. The fraction of sp³-hybridized carbons (Fsp3) is 0.455. The molecule has 1 heterocycles. The van der Waals surface area contributed by atoms with Crippen LogP contribution in [0.2, 0.25) is 0 Å². The first-order chi connectivity index (χ1) is 6.34. The molecule has 1 aliphatic carbocycles. The molecule has 2 nitrogen and oxygen atoms in total. The first-order valence-corrected chi connectivity index (χ1v) is 4.97. The molecule has 1 saturated carbocycles. The van der Waals surface area contributed by atoms with Gasteiger partial charge in [0.25, 0.3) is 0 Å². The fourth-order valence-electron chi connectivity index (χ4n) is 2.10. The van der Waals surface area contributed by atoms with Gasteiger partial charge in [0.15, 0.2) is 0 Å². The summed E-state index contributed by atoms with van der Waals surface area (Å²) in [6.07, 6.45) is 2.78. The minimum absolute atomic E-state index is 0.867. The first kappa shape index (κ1) is 7.39. The third-order valence-electron chi connectivity index (χ3n) is 3.01. The molecule has 0 unspecified atom stereocenters. The summed E-state index contributed by atoms with van der Waals surface area (Å²) in [5, 5.41) is 0. The van der Waals surface area contributed by atoms with Crippen LogP contribution in [0, 0.1) is 6.92 Å². The molecule has 68 valence electrons. The van der Waals surface area contributed by atoms with Crippen LogP contribution >= 0.6 is 0 Å². The van der Waals surface area contributed by atoms with Crippen molar-refractivity contribution in [2.45, 2.75) is 32.2 Å². The van der Waals surface area contributed by atoms with Crippen molar-refractivity contribution in [1.29, 1.82) is 0 Å². The van der Waals surface area contributed by atoms with E-state index in [1.54, 1.807) is 5.56 Å². The van der Waals surface area contributed by atoms with Crippen molar-refractivity contribution in [1.82, 2.24) is 5.43 Å². The summed E-state index contributed by atoms with van der Waals surface area (Å²) >= 11 is 0. The number of nitrogens with one attached hydrogen (secondary N) is 2. The van der Waals surface area contributed by atoms with Crippen molar-refractivity contribution in [3.63, 3.8) is 0 Å². The third kappa shape index (κ3) is 1.13. The quantitative estimate of drug-likeness (QED) is 0.682. The van der Waals surface area contributed by atoms with Gasteiger partial charge in [0.05, 0.1) is 5.69 Å². The molecule has 1 aromatic carbocycles. The lowest BCUT2D eigenvalue weighted by Gasteiger charge is -2.07. The molecule has 2 N–H and O–H groups in total. The van der Waals surface area contributed by atoms with Crippen LogP contribution < -0.4 is 10.9 Å². The van der Waals surface area contributed by atoms with E-state index in [1.165, 1.54) is 29.7 Å². The molecule has 0 bridgehead atoms. The first-order valence-electron chi connectivity index (χ1n) is 4.97. The maximum Gasteiger partial charge on any atom is 0.0536 e. The Morgan fingerprint density at radius 2 is 2.15 bits per heavy atom. The zero-order valence-electron chi connectivity index (χ0n) is 7.85. The van der Waals surface area contributed by atoms with E-state index in [0.717, 1.165) is 12.5 Å². The standard InChI is InChI=1S/C11H14N2/c1-7-4-11-9(6-12-13-11)5-10(7)8-2-3-8/h4-5,8,12-13H,2-3,6H2,1H3. The summed E-state index contributed by atoms with van der Waals surface area (Å²) in [5.41, 5.74) is 12.0. The van der Waals surface area contributed by atoms with Gasteiger partial charge in [-0.15, -0.1) is 0 Å². The second kappa shape index (κ2) is 2.48. The lowest BCUT2D eigenvalue weighted by atomic mass is 10.0. The fourth-order valence-corrected chi connectivity index (χ4v) is 2.10. The Morgan fingerprint density at radius 3 is 2.92 bits per heavy atom. The molecule has 0 radical (unpaired) electrons. The highest BCUT2D eigenvalue weighted by Crippen LogP contribution is 2.43. The number of hydrogen-bond acceptors (Lipinski definition) is 2. The van der Waals surface area contributed by atoms with Crippen molar-refractivity contribution in [2.24, 2.45) is 0 Å². The van der Waals surface area contributed by atoms with Gasteiger partial charge in [0.1, 0.15) is 0 Å². The minimum atomic E-state index is 0.867. The zero-order chi connectivity index (χ0) is 8.84.